The molecule has 0 N–H and O–H groups in total. The Kier molecular flexibility index (Phi) is 3.33. The molecule has 4 heteroatoms. The van der Waals surface area contributed by atoms with E-state index in [-0.39, 0.29) is 5.60 Å². The quantitative estimate of drug-likeness (QED) is 0.811. The van der Waals surface area contributed by atoms with Crippen molar-refractivity contribution in [3.8, 4) is 0 Å². The van der Waals surface area contributed by atoms with Crippen LogP contribution in [0.4, 0.5) is 0 Å². The maximum absolute atomic E-state index is 5.96. The number of hydrogen-bond acceptors (Lipinski definition) is 4. The second kappa shape index (κ2) is 4.96. The SMILES string of the molecule is COC1CCOC2(C1)CN(Cc1ccccn1)C2. The van der Waals surface area contributed by atoms with Crippen LogP contribution in [0.25, 0.3) is 0 Å². The Balaban J connectivity index is 1.53. The molecule has 0 bridgehead atoms. The molecule has 2 aliphatic heterocycles. The van der Waals surface area contributed by atoms with Gasteiger partial charge in [0.1, 0.15) is 0 Å². The summed E-state index contributed by atoms with van der Waals surface area (Å²) in [7, 11) is 1.80. The summed E-state index contributed by atoms with van der Waals surface area (Å²) in [5, 5.41) is 0. The lowest BCUT2D eigenvalue weighted by Gasteiger charge is -2.53. The molecule has 18 heavy (non-hydrogen) atoms. The number of likely N-dealkylation sites (tertiary alicyclic amines) is 1. The van der Waals surface area contributed by atoms with Crippen LogP contribution < -0.4 is 0 Å². The van der Waals surface area contributed by atoms with Crippen molar-refractivity contribution in [3.05, 3.63) is 30.1 Å². The summed E-state index contributed by atoms with van der Waals surface area (Å²) in [6, 6.07) is 6.06. The molecule has 0 saturated carbocycles. The van der Waals surface area contributed by atoms with E-state index in [1.165, 1.54) is 0 Å². The molecule has 1 atom stereocenters. The number of methoxy groups -OCH3 is 1. The van der Waals surface area contributed by atoms with Gasteiger partial charge in [-0.3, -0.25) is 9.88 Å². The van der Waals surface area contributed by atoms with Gasteiger partial charge in [-0.15, -0.1) is 0 Å². The van der Waals surface area contributed by atoms with Gasteiger partial charge < -0.3 is 9.47 Å². The van der Waals surface area contributed by atoms with Crippen LogP contribution >= 0.6 is 0 Å². The van der Waals surface area contributed by atoms with Gasteiger partial charge in [0.15, 0.2) is 0 Å². The van der Waals surface area contributed by atoms with Gasteiger partial charge in [0.2, 0.25) is 0 Å². The maximum atomic E-state index is 5.96. The molecule has 4 nitrogen and oxygen atoms in total. The molecular formula is C14H20N2O2. The highest BCUT2D eigenvalue weighted by Crippen LogP contribution is 2.35. The van der Waals surface area contributed by atoms with Gasteiger partial charge in [0, 0.05) is 46.0 Å². The van der Waals surface area contributed by atoms with Gasteiger partial charge >= 0.3 is 0 Å². The molecule has 3 rings (SSSR count). The Hall–Kier alpha value is -0.970. The standard InChI is InChI=1S/C14H20N2O2/c1-17-13-5-7-18-14(8-13)10-16(11-14)9-12-4-2-3-6-15-12/h2-4,6,13H,5,7-11H2,1H3. The lowest BCUT2D eigenvalue weighted by Crippen LogP contribution is -2.65. The molecule has 2 aliphatic rings. The van der Waals surface area contributed by atoms with Crippen LogP contribution in [0.1, 0.15) is 18.5 Å². The molecule has 0 aromatic carbocycles. The van der Waals surface area contributed by atoms with Crippen LogP contribution in [0.3, 0.4) is 0 Å². The van der Waals surface area contributed by atoms with E-state index in [9.17, 15) is 0 Å². The summed E-state index contributed by atoms with van der Waals surface area (Å²) >= 11 is 0. The van der Waals surface area contributed by atoms with Gasteiger partial charge in [-0.1, -0.05) is 6.07 Å². The first kappa shape index (κ1) is 12.1. The molecule has 0 amide bonds. The topological polar surface area (TPSA) is 34.6 Å². The number of ether oxygens (including phenoxy) is 2. The van der Waals surface area contributed by atoms with Crippen molar-refractivity contribution < 1.29 is 9.47 Å². The van der Waals surface area contributed by atoms with E-state index in [1.54, 1.807) is 7.11 Å². The Morgan fingerprint density at radius 2 is 2.39 bits per heavy atom. The van der Waals surface area contributed by atoms with Gasteiger partial charge in [-0.2, -0.15) is 0 Å². The average Bonchev–Trinajstić information content (AvgIpc) is 2.38. The zero-order valence-corrected chi connectivity index (χ0v) is 10.8. The molecule has 98 valence electrons. The summed E-state index contributed by atoms with van der Waals surface area (Å²) in [6.07, 6.45) is 4.28. The third-order valence-electron chi connectivity index (χ3n) is 3.92. The van der Waals surface area contributed by atoms with E-state index >= 15 is 0 Å². The molecule has 1 spiro atoms. The molecule has 3 heterocycles. The van der Waals surface area contributed by atoms with Crippen LogP contribution in [0.5, 0.6) is 0 Å². The minimum absolute atomic E-state index is 0.0493. The fourth-order valence-corrected chi connectivity index (χ4v) is 3.01. The van der Waals surface area contributed by atoms with E-state index in [0.717, 1.165) is 44.8 Å². The number of rotatable bonds is 3. The zero-order valence-electron chi connectivity index (χ0n) is 10.8. The van der Waals surface area contributed by atoms with Crippen LogP contribution in [0, 0.1) is 0 Å². The van der Waals surface area contributed by atoms with E-state index in [0.29, 0.717) is 6.10 Å². The molecular weight excluding hydrogens is 228 g/mol. The Morgan fingerprint density at radius 3 is 3.11 bits per heavy atom. The number of hydrogen-bond donors (Lipinski definition) is 0. The minimum Gasteiger partial charge on any atom is -0.381 e. The van der Waals surface area contributed by atoms with Crippen molar-refractivity contribution in [2.45, 2.75) is 31.1 Å². The van der Waals surface area contributed by atoms with Crippen molar-refractivity contribution in [1.82, 2.24) is 9.88 Å². The van der Waals surface area contributed by atoms with Crippen LogP contribution in [-0.2, 0) is 16.0 Å². The molecule has 1 aromatic rings. The summed E-state index contributed by atoms with van der Waals surface area (Å²) < 4.78 is 11.4. The van der Waals surface area contributed by atoms with Crippen molar-refractivity contribution in [1.29, 1.82) is 0 Å². The first-order valence-electron chi connectivity index (χ1n) is 6.59. The predicted octanol–water partition coefficient (Wildman–Crippen LogP) is 1.46. The van der Waals surface area contributed by atoms with Crippen molar-refractivity contribution in [3.63, 3.8) is 0 Å². The molecule has 2 saturated heterocycles. The number of nitrogens with zero attached hydrogens (tertiary/aromatic N) is 2. The summed E-state index contributed by atoms with van der Waals surface area (Å²) in [4.78, 5) is 6.75. The fraction of sp³-hybridized carbons (Fsp3) is 0.643. The van der Waals surface area contributed by atoms with Crippen LogP contribution in [0.2, 0.25) is 0 Å². The largest absolute Gasteiger partial charge is 0.381 e. The molecule has 0 radical (unpaired) electrons. The monoisotopic (exact) mass is 248 g/mol. The van der Waals surface area contributed by atoms with Gasteiger partial charge in [0.05, 0.1) is 17.4 Å². The predicted molar refractivity (Wildman–Crippen MR) is 68.2 cm³/mol. The first-order chi connectivity index (χ1) is 8.80. The zero-order chi connectivity index (χ0) is 12.4. The van der Waals surface area contributed by atoms with Crippen molar-refractivity contribution >= 4 is 0 Å². The first-order valence-corrected chi connectivity index (χ1v) is 6.59. The van der Waals surface area contributed by atoms with E-state index in [1.807, 2.05) is 18.3 Å². The minimum atomic E-state index is 0.0493. The second-order valence-corrected chi connectivity index (χ2v) is 5.35. The van der Waals surface area contributed by atoms with Crippen LogP contribution in [0.15, 0.2) is 24.4 Å². The highest BCUT2D eigenvalue weighted by atomic mass is 16.5. The Morgan fingerprint density at radius 1 is 1.50 bits per heavy atom. The molecule has 1 aromatic heterocycles. The summed E-state index contributed by atoms with van der Waals surface area (Å²) in [6.45, 7) is 3.76. The summed E-state index contributed by atoms with van der Waals surface area (Å²) in [5.41, 5.74) is 1.18. The fourth-order valence-electron chi connectivity index (χ4n) is 3.01. The Bertz CT molecular complexity index is 390. The highest BCUT2D eigenvalue weighted by Gasteiger charge is 2.47. The van der Waals surface area contributed by atoms with E-state index in [4.69, 9.17) is 9.47 Å². The molecule has 2 fully saturated rings. The average molecular weight is 248 g/mol. The van der Waals surface area contributed by atoms with Gasteiger partial charge in [0.25, 0.3) is 0 Å². The smallest absolute Gasteiger partial charge is 0.0959 e. The van der Waals surface area contributed by atoms with Crippen molar-refractivity contribution in [2.75, 3.05) is 26.8 Å². The highest BCUT2D eigenvalue weighted by molar-refractivity contribution is 5.07. The van der Waals surface area contributed by atoms with E-state index in [2.05, 4.69) is 16.0 Å². The van der Waals surface area contributed by atoms with Gasteiger partial charge in [-0.25, -0.2) is 0 Å². The number of aromatic nitrogens is 1. The normalized spacial score (nSPS) is 27.1. The van der Waals surface area contributed by atoms with E-state index < -0.39 is 0 Å². The van der Waals surface area contributed by atoms with Crippen molar-refractivity contribution in [2.24, 2.45) is 0 Å². The second-order valence-electron chi connectivity index (χ2n) is 5.35. The lowest BCUT2D eigenvalue weighted by atomic mass is 9.84. The summed E-state index contributed by atoms with van der Waals surface area (Å²) in [5.74, 6) is 0. The lowest BCUT2D eigenvalue weighted by molar-refractivity contribution is -0.195. The number of pyridine rings is 1. The third kappa shape index (κ3) is 2.41. The Labute approximate surface area is 108 Å². The third-order valence-corrected chi connectivity index (χ3v) is 3.92. The molecule has 0 aliphatic carbocycles. The van der Waals surface area contributed by atoms with Crippen LogP contribution in [-0.4, -0.2) is 48.4 Å². The maximum Gasteiger partial charge on any atom is 0.0959 e. The van der Waals surface area contributed by atoms with Gasteiger partial charge in [-0.05, 0) is 18.6 Å². The molecule has 1 unspecified atom stereocenters.